The molecule has 0 fully saturated rings. The SMILES string of the molecule is CC(C)CC(NC(=O)OC(C)(C)C)C(=O)N[C@@H](Cc1ccccc1)C(=O)O. The van der Waals surface area contributed by atoms with Crippen LogP contribution >= 0.6 is 0 Å². The largest absolute Gasteiger partial charge is 0.480 e. The van der Waals surface area contributed by atoms with E-state index in [1.807, 2.05) is 32.0 Å². The number of rotatable bonds is 8. The van der Waals surface area contributed by atoms with Crippen LogP contribution in [0.25, 0.3) is 0 Å². The molecule has 7 heteroatoms. The van der Waals surface area contributed by atoms with Crippen LogP contribution in [0.15, 0.2) is 30.3 Å². The maximum Gasteiger partial charge on any atom is 0.408 e. The summed E-state index contributed by atoms with van der Waals surface area (Å²) in [7, 11) is 0. The van der Waals surface area contributed by atoms with Crippen molar-refractivity contribution in [3.05, 3.63) is 35.9 Å². The maximum absolute atomic E-state index is 12.6. The molecule has 7 nitrogen and oxygen atoms in total. The first kappa shape index (κ1) is 22.5. The lowest BCUT2D eigenvalue weighted by Gasteiger charge is -2.25. The third-order valence-corrected chi connectivity index (χ3v) is 3.61. The first-order chi connectivity index (χ1) is 12.5. The van der Waals surface area contributed by atoms with Gasteiger partial charge in [0.25, 0.3) is 0 Å². The van der Waals surface area contributed by atoms with E-state index in [4.69, 9.17) is 4.74 Å². The number of ether oxygens (including phenoxy) is 1. The molecule has 150 valence electrons. The van der Waals surface area contributed by atoms with Gasteiger partial charge >= 0.3 is 12.1 Å². The fraction of sp³-hybridized carbons (Fsp3) is 0.550. The number of carboxylic acid groups (broad SMARTS) is 1. The van der Waals surface area contributed by atoms with Crippen molar-refractivity contribution in [3.63, 3.8) is 0 Å². The molecule has 2 amide bonds. The molecule has 0 heterocycles. The number of aliphatic carboxylic acids is 1. The van der Waals surface area contributed by atoms with Gasteiger partial charge in [-0.05, 0) is 38.7 Å². The van der Waals surface area contributed by atoms with Crippen molar-refractivity contribution in [1.82, 2.24) is 10.6 Å². The second-order valence-corrected chi connectivity index (χ2v) is 7.92. The van der Waals surface area contributed by atoms with Crippen LogP contribution in [-0.2, 0) is 20.7 Å². The van der Waals surface area contributed by atoms with Gasteiger partial charge in [-0.15, -0.1) is 0 Å². The Bertz CT molecular complexity index is 638. The highest BCUT2D eigenvalue weighted by atomic mass is 16.6. The summed E-state index contributed by atoms with van der Waals surface area (Å²) in [5.74, 6) is -1.56. The smallest absolute Gasteiger partial charge is 0.408 e. The standard InChI is InChI=1S/C20H30N2O5/c1-13(2)11-15(22-19(26)27-20(3,4)5)17(23)21-16(18(24)25)12-14-9-7-6-8-10-14/h6-10,13,15-16H,11-12H2,1-5H3,(H,21,23)(H,22,26)(H,24,25)/t15?,16-/m0/s1. The quantitative estimate of drug-likeness (QED) is 0.645. The molecule has 0 aliphatic carbocycles. The Morgan fingerprint density at radius 1 is 1.04 bits per heavy atom. The summed E-state index contributed by atoms with van der Waals surface area (Å²) in [5.41, 5.74) is 0.102. The lowest BCUT2D eigenvalue weighted by atomic mass is 10.0. The van der Waals surface area contributed by atoms with Crippen LogP contribution < -0.4 is 10.6 Å². The lowest BCUT2D eigenvalue weighted by Crippen LogP contribution is -2.53. The van der Waals surface area contributed by atoms with Crippen molar-refractivity contribution in [1.29, 1.82) is 0 Å². The van der Waals surface area contributed by atoms with Crippen LogP contribution in [0.5, 0.6) is 0 Å². The van der Waals surface area contributed by atoms with Crippen molar-refractivity contribution >= 4 is 18.0 Å². The molecule has 2 atom stereocenters. The lowest BCUT2D eigenvalue weighted by molar-refractivity contribution is -0.142. The summed E-state index contributed by atoms with van der Waals surface area (Å²) in [6.45, 7) is 9.00. The molecular weight excluding hydrogens is 348 g/mol. The normalized spacial score (nSPS) is 13.6. The molecule has 1 aromatic rings. The monoisotopic (exact) mass is 378 g/mol. The molecule has 0 saturated heterocycles. The van der Waals surface area contributed by atoms with Crippen LogP contribution in [-0.4, -0.2) is 40.8 Å². The molecule has 0 saturated carbocycles. The summed E-state index contributed by atoms with van der Waals surface area (Å²) in [5, 5.41) is 14.5. The summed E-state index contributed by atoms with van der Waals surface area (Å²) in [4.78, 5) is 36.2. The van der Waals surface area contributed by atoms with E-state index in [1.165, 1.54) is 0 Å². The number of carbonyl (C=O) groups is 3. The molecule has 1 rings (SSSR count). The predicted octanol–water partition coefficient (Wildman–Crippen LogP) is 2.74. The molecule has 0 bridgehead atoms. The second kappa shape index (κ2) is 9.94. The summed E-state index contributed by atoms with van der Waals surface area (Å²) in [6, 6.07) is 7.08. The van der Waals surface area contributed by atoms with Gasteiger partial charge in [0.05, 0.1) is 0 Å². The van der Waals surface area contributed by atoms with E-state index in [9.17, 15) is 19.5 Å². The number of hydrogen-bond donors (Lipinski definition) is 3. The van der Waals surface area contributed by atoms with Gasteiger partial charge in [0.15, 0.2) is 0 Å². The van der Waals surface area contributed by atoms with Gasteiger partial charge in [0.2, 0.25) is 5.91 Å². The Morgan fingerprint density at radius 3 is 2.11 bits per heavy atom. The molecule has 0 aliphatic heterocycles. The van der Waals surface area contributed by atoms with Gasteiger partial charge in [0.1, 0.15) is 17.7 Å². The van der Waals surface area contributed by atoms with E-state index >= 15 is 0 Å². The van der Waals surface area contributed by atoms with E-state index in [1.54, 1.807) is 32.9 Å². The zero-order chi connectivity index (χ0) is 20.6. The molecular formula is C20H30N2O5. The molecule has 0 aromatic heterocycles. The second-order valence-electron chi connectivity index (χ2n) is 7.92. The average molecular weight is 378 g/mol. The highest BCUT2D eigenvalue weighted by molar-refractivity contribution is 5.89. The van der Waals surface area contributed by atoms with Crippen LogP contribution in [0.3, 0.4) is 0 Å². The number of carboxylic acids is 1. The highest BCUT2D eigenvalue weighted by Crippen LogP contribution is 2.10. The molecule has 1 aromatic carbocycles. The van der Waals surface area contributed by atoms with E-state index in [0.29, 0.717) is 6.42 Å². The minimum absolute atomic E-state index is 0.119. The van der Waals surface area contributed by atoms with Crippen molar-refractivity contribution in [2.45, 2.75) is 65.1 Å². The molecule has 0 aliphatic rings. The van der Waals surface area contributed by atoms with Crippen molar-refractivity contribution in [3.8, 4) is 0 Å². The maximum atomic E-state index is 12.6. The Hall–Kier alpha value is -2.57. The minimum Gasteiger partial charge on any atom is -0.480 e. The van der Waals surface area contributed by atoms with E-state index < -0.39 is 35.7 Å². The number of hydrogen-bond acceptors (Lipinski definition) is 4. The Balaban J connectivity index is 2.82. The van der Waals surface area contributed by atoms with Crippen molar-refractivity contribution in [2.24, 2.45) is 5.92 Å². The Labute approximate surface area is 160 Å². The van der Waals surface area contributed by atoms with Crippen LogP contribution in [0, 0.1) is 5.92 Å². The highest BCUT2D eigenvalue weighted by Gasteiger charge is 2.28. The first-order valence-electron chi connectivity index (χ1n) is 9.04. The van der Waals surface area contributed by atoms with Gasteiger partial charge < -0.3 is 20.5 Å². The van der Waals surface area contributed by atoms with Crippen molar-refractivity contribution in [2.75, 3.05) is 0 Å². The fourth-order valence-corrected chi connectivity index (χ4v) is 2.47. The van der Waals surface area contributed by atoms with Gasteiger partial charge in [0, 0.05) is 6.42 Å². The third-order valence-electron chi connectivity index (χ3n) is 3.61. The van der Waals surface area contributed by atoms with Crippen LogP contribution in [0.1, 0.15) is 46.6 Å². The zero-order valence-corrected chi connectivity index (χ0v) is 16.6. The summed E-state index contributed by atoms with van der Waals surface area (Å²) in [6.07, 6.45) is -0.191. The van der Waals surface area contributed by atoms with Gasteiger partial charge in [-0.3, -0.25) is 4.79 Å². The number of carbonyl (C=O) groups excluding carboxylic acids is 2. The van der Waals surface area contributed by atoms with Gasteiger partial charge in [-0.25, -0.2) is 9.59 Å². The van der Waals surface area contributed by atoms with E-state index in [2.05, 4.69) is 10.6 Å². The first-order valence-corrected chi connectivity index (χ1v) is 9.04. The summed E-state index contributed by atoms with van der Waals surface area (Å²) < 4.78 is 5.20. The fourth-order valence-electron chi connectivity index (χ4n) is 2.47. The number of amides is 2. The number of nitrogens with one attached hydrogen (secondary N) is 2. The molecule has 0 spiro atoms. The van der Waals surface area contributed by atoms with Gasteiger partial charge in [-0.2, -0.15) is 0 Å². The van der Waals surface area contributed by atoms with E-state index in [0.717, 1.165) is 5.56 Å². The third kappa shape index (κ3) is 9.08. The average Bonchev–Trinajstić information content (AvgIpc) is 2.52. The molecule has 1 unspecified atom stereocenters. The van der Waals surface area contributed by atoms with Gasteiger partial charge in [-0.1, -0.05) is 44.2 Å². The van der Waals surface area contributed by atoms with Crippen LogP contribution in [0.2, 0.25) is 0 Å². The molecule has 0 radical (unpaired) electrons. The topological polar surface area (TPSA) is 105 Å². The molecule has 3 N–H and O–H groups in total. The molecule has 27 heavy (non-hydrogen) atoms. The zero-order valence-electron chi connectivity index (χ0n) is 16.6. The van der Waals surface area contributed by atoms with Crippen molar-refractivity contribution < 1.29 is 24.2 Å². The Kier molecular flexibility index (Phi) is 8.28. The van der Waals surface area contributed by atoms with Crippen LogP contribution in [0.4, 0.5) is 4.79 Å². The summed E-state index contributed by atoms with van der Waals surface area (Å²) >= 11 is 0. The number of benzene rings is 1. The number of alkyl carbamates (subject to hydrolysis) is 1. The van der Waals surface area contributed by atoms with E-state index in [-0.39, 0.29) is 12.3 Å². The Morgan fingerprint density at radius 2 is 1.63 bits per heavy atom. The minimum atomic E-state index is -1.13. The predicted molar refractivity (Wildman–Crippen MR) is 102 cm³/mol.